The quantitative estimate of drug-likeness (QED) is 0.480. The Morgan fingerprint density at radius 1 is 1.86 bits per heavy atom. The van der Waals surface area contributed by atoms with Crippen LogP contribution in [0.15, 0.2) is 0 Å². The molecular formula is C3H2NOS2. The fourth-order valence-electron chi connectivity index (χ4n) is 0.249. The van der Waals surface area contributed by atoms with Crippen LogP contribution in [-0.2, 0) is 4.79 Å². The summed E-state index contributed by atoms with van der Waals surface area (Å²) >= 11 is 5.62. The van der Waals surface area contributed by atoms with E-state index in [1.807, 2.05) is 0 Å². The second-order valence-corrected chi connectivity index (χ2v) is 2.25. The average Bonchev–Trinajstić information content (AvgIpc) is 1.91. The van der Waals surface area contributed by atoms with E-state index in [-0.39, 0.29) is 5.12 Å². The summed E-state index contributed by atoms with van der Waals surface area (Å²) in [5.74, 6) is 1.57. The zero-order chi connectivity index (χ0) is 5.28. The third kappa shape index (κ3) is 0.920. The van der Waals surface area contributed by atoms with Gasteiger partial charge in [0.2, 0.25) is 5.12 Å². The largest absolute Gasteiger partial charge is 0.358 e. The standard InChI is InChI=1S/C3H2NOS2/c5-3-2(6)4-1-7-3/h1H,(H,4,6). The smallest absolute Gasteiger partial charge is 0.248 e. The molecule has 7 heavy (non-hydrogen) atoms. The molecule has 1 fully saturated rings. The van der Waals surface area contributed by atoms with Gasteiger partial charge in [0.1, 0.15) is 5.88 Å². The molecule has 0 aliphatic carbocycles. The minimum atomic E-state index is -0.0602. The number of carbonyl (C=O) groups is 1. The molecule has 0 aromatic heterocycles. The molecule has 4 heteroatoms. The molecule has 1 aliphatic heterocycles. The van der Waals surface area contributed by atoms with Gasteiger partial charge in [0.25, 0.3) is 0 Å². The van der Waals surface area contributed by atoms with Crippen molar-refractivity contribution in [2.45, 2.75) is 0 Å². The van der Waals surface area contributed by atoms with Gasteiger partial charge < -0.3 is 5.32 Å². The lowest BCUT2D eigenvalue weighted by Crippen LogP contribution is -2.13. The maximum atomic E-state index is 10.3. The molecule has 1 rings (SSSR count). The second kappa shape index (κ2) is 1.79. The molecule has 0 aromatic carbocycles. The van der Waals surface area contributed by atoms with Gasteiger partial charge in [-0.25, -0.2) is 0 Å². The van der Waals surface area contributed by atoms with E-state index in [0.717, 1.165) is 11.8 Å². The van der Waals surface area contributed by atoms with E-state index < -0.39 is 0 Å². The van der Waals surface area contributed by atoms with E-state index in [1.165, 1.54) is 0 Å². The summed E-state index contributed by atoms with van der Waals surface area (Å²) in [4.78, 5) is 10.6. The molecule has 1 heterocycles. The first-order chi connectivity index (χ1) is 3.30. The van der Waals surface area contributed by atoms with Crippen molar-refractivity contribution < 1.29 is 4.79 Å². The lowest BCUT2D eigenvalue weighted by molar-refractivity contribution is -0.105. The Balaban J connectivity index is 2.65. The highest BCUT2D eigenvalue weighted by Crippen LogP contribution is 2.11. The number of nitrogens with one attached hydrogen (secondary N) is 1. The van der Waals surface area contributed by atoms with Crippen molar-refractivity contribution in [1.29, 1.82) is 0 Å². The van der Waals surface area contributed by atoms with Crippen LogP contribution >= 0.6 is 24.0 Å². The van der Waals surface area contributed by atoms with Crippen LogP contribution in [0.5, 0.6) is 0 Å². The Morgan fingerprint density at radius 3 is 2.71 bits per heavy atom. The zero-order valence-corrected chi connectivity index (χ0v) is 4.94. The van der Waals surface area contributed by atoms with Gasteiger partial charge in [-0.3, -0.25) is 4.79 Å². The van der Waals surface area contributed by atoms with Crippen molar-refractivity contribution in [3.05, 3.63) is 5.88 Å². The molecule has 1 radical (unpaired) electrons. The van der Waals surface area contributed by atoms with Gasteiger partial charge in [-0.05, 0) is 0 Å². The van der Waals surface area contributed by atoms with Gasteiger partial charge in [0.05, 0.1) is 0 Å². The van der Waals surface area contributed by atoms with Gasteiger partial charge >= 0.3 is 0 Å². The predicted octanol–water partition coefficient (Wildman–Crippen LogP) is 0.296. The molecule has 0 aromatic rings. The fraction of sp³-hybridized carbons (Fsp3) is 0. The highest BCUT2D eigenvalue weighted by Gasteiger charge is 2.15. The van der Waals surface area contributed by atoms with Crippen LogP contribution in [0.2, 0.25) is 0 Å². The average molecular weight is 132 g/mol. The van der Waals surface area contributed by atoms with Crippen LogP contribution in [0, 0.1) is 5.88 Å². The summed E-state index contributed by atoms with van der Waals surface area (Å²) in [7, 11) is 0. The van der Waals surface area contributed by atoms with E-state index in [2.05, 4.69) is 17.5 Å². The first-order valence-electron chi connectivity index (χ1n) is 1.64. The zero-order valence-electron chi connectivity index (χ0n) is 3.30. The Labute approximate surface area is 50.7 Å². The summed E-state index contributed by atoms with van der Waals surface area (Å²) in [5.41, 5.74) is 0. The van der Waals surface area contributed by atoms with Gasteiger partial charge in [0.15, 0.2) is 4.99 Å². The SMILES string of the molecule is O=C1S[CH]NC1=S. The van der Waals surface area contributed by atoms with Crippen molar-refractivity contribution >= 4 is 34.1 Å². The van der Waals surface area contributed by atoms with E-state index in [0.29, 0.717) is 4.99 Å². The van der Waals surface area contributed by atoms with Gasteiger partial charge in [-0.2, -0.15) is 0 Å². The van der Waals surface area contributed by atoms with Gasteiger partial charge in [-0.15, -0.1) is 0 Å². The molecule has 0 atom stereocenters. The van der Waals surface area contributed by atoms with Crippen LogP contribution < -0.4 is 5.32 Å². The highest BCUT2D eigenvalue weighted by atomic mass is 32.2. The maximum absolute atomic E-state index is 10.3. The minimum absolute atomic E-state index is 0.0602. The van der Waals surface area contributed by atoms with E-state index >= 15 is 0 Å². The molecule has 0 saturated carbocycles. The molecule has 37 valence electrons. The normalized spacial score (nSPS) is 20.0. The number of rotatable bonds is 0. The van der Waals surface area contributed by atoms with E-state index in [4.69, 9.17) is 0 Å². The third-order valence-electron chi connectivity index (χ3n) is 0.541. The fourth-order valence-corrected chi connectivity index (χ4v) is 0.977. The summed E-state index contributed by atoms with van der Waals surface area (Å²) < 4.78 is 0. The second-order valence-electron chi connectivity index (χ2n) is 0.997. The summed E-state index contributed by atoms with van der Waals surface area (Å²) in [6, 6.07) is 0. The lowest BCUT2D eigenvalue weighted by atomic mass is 10.7. The number of thiocarbonyl (C=S) groups is 1. The lowest BCUT2D eigenvalue weighted by Gasteiger charge is -1.80. The highest BCUT2D eigenvalue weighted by molar-refractivity contribution is 8.19. The predicted molar refractivity (Wildman–Crippen MR) is 32.6 cm³/mol. The van der Waals surface area contributed by atoms with E-state index in [9.17, 15) is 4.79 Å². The molecule has 1 saturated heterocycles. The van der Waals surface area contributed by atoms with Crippen LogP contribution in [0.3, 0.4) is 0 Å². The topological polar surface area (TPSA) is 29.1 Å². The Morgan fingerprint density at radius 2 is 2.57 bits per heavy atom. The Hall–Kier alpha value is -0.0900. The van der Waals surface area contributed by atoms with E-state index in [1.54, 1.807) is 5.88 Å². The van der Waals surface area contributed by atoms with Crippen LogP contribution in [-0.4, -0.2) is 10.1 Å². The first-order valence-corrected chi connectivity index (χ1v) is 2.92. The summed E-state index contributed by atoms with van der Waals surface area (Å²) in [6.45, 7) is 0. The molecular weight excluding hydrogens is 130 g/mol. The molecule has 2 nitrogen and oxygen atoms in total. The molecule has 1 aliphatic rings. The number of thioether (sulfide) groups is 1. The van der Waals surface area contributed by atoms with Crippen molar-refractivity contribution in [2.75, 3.05) is 0 Å². The number of hydrogen-bond donors (Lipinski definition) is 1. The Bertz CT molecular complexity index is 108. The van der Waals surface area contributed by atoms with Crippen LogP contribution in [0.1, 0.15) is 0 Å². The molecule has 1 N–H and O–H groups in total. The van der Waals surface area contributed by atoms with Crippen molar-refractivity contribution in [2.24, 2.45) is 0 Å². The van der Waals surface area contributed by atoms with Gasteiger partial charge in [-0.1, -0.05) is 24.0 Å². The maximum Gasteiger partial charge on any atom is 0.248 e. The van der Waals surface area contributed by atoms with Crippen molar-refractivity contribution in [3.8, 4) is 0 Å². The van der Waals surface area contributed by atoms with Crippen molar-refractivity contribution in [1.82, 2.24) is 5.32 Å². The minimum Gasteiger partial charge on any atom is -0.358 e. The van der Waals surface area contributed by atoms with Crippen LogP contribution in [0.25, 0.3) is 0 Å². The first kappa shape index (κ1) is 5.05. The monoisotopic (exact) mass is 132 g/mol. The van der Waals surface area contributed by atoms with Crippen molar-refractivity contribution in [3.63, 3.8) is 0 Å². The number of carbonyl (C=O) groups excluding carboxylic acids is 1. The van der Waals surface area contributed by atoms with Gasteiger partial charge in [0, 0.05) is 0 Å². The molecule has 0 bridgehead atoms. The molecule has 0 unspecified atom stereocenters. The number of hydrogen-bond acceptors (Lipinski definition) is 3. The Kier molecular flexibility index (Phi) is 1.30. The molecule has 0 amide bonds. The van der Waals surface area contributed by atoms with Crippen LogP contribution in [0.4, 0.5) is 0 Å². The summed E-state index contributed by atoms with van der Waals surface area (Å²) in [5, 5.41) is 2.53. The molecule has 0 spiro atoms. The third-order valence-corrected chi connectivity index (χ3v) is 1.63. The summed E-state index contributed by atoms with van der Waals surface area (Å²) in [6.07, 6.45) is 0.